The lowest BCUT2D eigenvalue weighted by atomic mass is 10.1. The molecule has 1 N–H and O–H groups in total. The zero-order chi connectivity index (χ0) is 19.3. The number of rotatable bonds is 5. The van der Waals surface area contributed by atoms with E-state index in [1.165, 1.54) is 5.56 Å². The number of aromatic nitrogens is 2. The summed E-state index contributed by atoms with van der Waals surface area (Å²) in [5.41, 5.74) is 6.09. The van der Waals surface area contributed by atoms with E-state index < -0.39 is 0 Å². The molecule has 0 atom stereocenters. The molecule has 0 saturated heterocycles. The molecule has 2 heterocycles. The van der Waals surface area contributed by atoms with Gasteiger partial charge in [-0.3, -0.25) is 9.78 Å². The van der Waals surface area contributed by atoms with Crippen molar-refractivity contribution in [1.29, 1.82) is 0 Å². The summed E-state index contributed by atoms with van der Waals surface area (Å²) in [4.78, 5) is 20.8. The highest BCUT2D eigenvalue weighted by Gasteiger charge is 2.08. The molecule has 138 valence electrons. The number of hydrogen-bond donors (Lipinski definition) is 1. The van der Waals surface area contributed by atoms with Crippen LogP contribution in [0.1, 0.15) is 21.5 Å². The number of aryl methyl sites for hydroxylation is 1. The number of amides is 1. The molecular formula is C23H19N3OS. The summed E-state index contributed by atoms with van der Waals surface area (Å²) in [7, 11) is 0. The van der Waals surface area contributed by atoms with Crippen LogP contribution < -0.4 is 5.32 Å². The number of pyridine rings is 1. The van der Waals surface area contributed by atoms with Crippen molar-refractivity contribution in [1.82, 2.24) is 15.3 Å². The van der Waals surface area contributed by atoms with Crippen molar-refractivity contribution in [3.63, 3.8) is 0 Å². The third-order valence-electron chi connectivity index (χ3n) is 4.45. The number of carbonyl (C=O) groups is 1. The smallest absolute Gasteiger partial charge is 0.251 e. The van der Waals surface area contributed by atoms with Gasteiger partial charge in [-0.2, -0.15) is 0 Å². The first-order valence-electron chi connectivity index (χ1n) is 8.99. The summed E-state index contributed by atoms with van der Waals surface area (Å²) in [6.45, 7) is 2.56. The van der Waals surface area contributed by atoms with Gasteiger partial charge in [0.05, 0.1) is 5.69 Å². The first-order chi connectivity index (χ1) is 13.7. The topological polar surface area (TPSA) is 54.9 Å². The van der Waals surface area contributed by atoms with E-state index in [0.717, 1.165) is 27.4 Å². The molecular weight excluding hydrogens is 366 g/mol. The van der Waals surface area contributed by atoms with Crippen LogP contribution in [-0.4, -0.2) is 15.9 Å². The maximum absolute atomic E-state index is 12.1. The Kier molecular flexibility index (Phi) is 5.26. The van der Waals surface area contributed by atoms with Crippen molar-refractivity contribution in [2.24, 2.45) is 0 Å². The molecule has 2 aromatic carbocycles. The molecule has 0 saturated carbocycles. The van der Waals surface area contributed by atoms with Crippen molar-refractivity contribution in [2.75, 3.05) is 0 Å². The monoisotopic (exact) mass is 385 g/mol. The van der Waals surface area contributed by atoms with Gasteiger partial charge in [0.1, 0.15) is 5.01 Å². The Morgan fingerprint density at radius 3 is 2.32 bits per heavy atom. The first-order valence-corrected chi connectivity index (χ1v) is 9.87. The number of hydrogen-bond acceptors (Lipinski definition) is 4. The second-order valence-corrected chi connectivity index (χ2v) is 7.38. The van der Waals surface area contributed by atoms with E-state index in [2.05, 4.69) is 46.9 Å². The molecule has 0 radical (unpaired) electrons. The molecule has 0 aliphatic carbocycles. The summed E-state index contributed by atoms with van der Waals surface area (Å²) < 4.78 is 0. The van der Waals surface area contributed by atoms with Crippen LogP contribution in [0.25, 0.3) is 21.8 Å². The Balaban J connectivity index is 1.42. The lowest BCUT2D eigenvalue weighted by molar-refractivity contribution is 0.0951. The molecule has 1 amide bonds. The van der Waals surface area contributed by atoms with Gasteiger partial charge in [0.15, 0.2) is 0 Å². The Bertz CT molecular complexity index is 1070. The first kappa shape index (κ1) is 18.1. The fraction of sp³-hybridized carbons (Fsp3) is 0.0870. The van der Waals surface area contributed by atoms with E-state index in [0.29, 0.717) is 12.1 Å². The van der Waals surface area contributed by atoms with Crippen molar-refractivity contribution in [3.05, 3.63) is 95.1 Å². The molecule has 0 unspecified atom stereocenters. The normalized spacial score (nSPS) is 10.6. The molecule has 5 heteroatoms. The number of benzene rings is 2. The van der Waals surface area contributed by atoms with Crippen LogP contribution in [0.2, 0.25) is 0 Å². The lowest BCUT2D eigenvalue weighted by Crippen LogP contribution is -2.22. The second-order valence-electron chi connectivity index (χ2n) is 6.52. The minimum atomic E-state index is -0.103. The summed E-state index contributed by atoms with van der Waals surface area (Å²) >= 11 is 1.64. The Morgan fingerprint density at radius 1 is 0.929 bits per heavy atom. The maximum atomic E-state index is 12.1. The van der Waals surface area contributed by atoms with E-state index in [-0.39, 0.29) is 5.91 Å². The number of carbonyl (C=O) groups excluding carboxylic acids is 1. The van der Waals surface area contributed by atoms with Crippen LogP contribution in [0.15, 0.2) is 78.4 Å². The van der Waals surface area contributed by atoms with Crippen LogP contribution >= 0.6 is 11.3 Å². The lowest BCUT2D eigenvalue weighted by Gasteiger charge is -2.06. The fourth-order valence-electron chi connectivity index (χ4n) is 2.82. The highest BCUT2D eigenvalue weighted by Crippen LogP contribution is 2.29. The minimum absolute atomic E-state index is 0.103. The highest BCUT2D eigenvalue weighted by molar-refractivity contribution is 7.13. The van der Waals surface area contributed by atoms with Crippen molar-refractivity contribution < 1.29 is 4.79 Å². The minimum Gasteiger partial charge on any atom is -0.348 e. The predicted molar refractivity (Wildman–Crippen MR) is 113 cm³/mol. The highest BCUT2D eigenvalue weighted by atomic mass is 32.1. The van der Waals surface area contributed by atoms with Crippen LogP contribution in [0.4, 0.5) is 0 Å². The summed E-state index contributed by atoms with van der Waals surface area (Å²) in [6.07, 6.45) is 3.23. The van der Waals surface area contributed by atoms with E-state index in [1.807, 2.05) is 24.3 Å². The van der Waals surface area contributed by atoms with Crippen LogP contribution in [-0.2, 0) is 6.54 Å². The molecule has 0 aliphatic rings. The molecule has 4 aromatic rings. The van der Waals surface area contributed by atoms with Gasteiger partial charge in [-0.15, -0.1) is 11.3 Å². The van der Waals surface area contributed by atoms with E-state index in [9.17, 15) is 4.79 Å². The molecule has 0 bridgehead atoms. The average Bonchev–Trinajstić information content (AvgIpc) is 3.24. The summed E-state index contributed by atoms with van der Waals surface area (Å²) in [6, 6.07) is 19.9. The third-order valence-corrected chi connectivity index (χ3v) is 5.34. The van der Waals surface area contributed by atoms with Crippen molar-refractivity contribution in [3.8, 4) is 21.8 Å². The molecule has 28 heavy (non-hydrogen) atoms. The standard InChI is InChI=1S/C23H19N3OS/c1-16-2-6-18(7-3-16)21-15-28-23(26-21)20-8-4-17(5-9-20)14-25-22(27)19-10-12-24-13-11-19/h2-13,15H,14H2,1H3,(H,25,27). The quantitative estimate of drug-likeness (QED) is 0.519. The van der Waals surface area contributed by atoms with Crippen LogP contribution in [0.5, 0.6) is 0 Å². The number of thiazole rings is 1. The van der Waals surface area contributed by atoms with Crippen molar-refractivity contribution >= 4 is 17.2 Å². The number of nitrogens with one attached hydrogen (secondary N) is 1. The summed E-state index contributed by atoms with van der Waals surface area (Å²) in [5.74, 6) is -0.103. The molecule has 0 aliphatic heterocycles. The van der Waals surface area contributed by atoms with Gasteiger partial charge in [0.2, 0.25) is 0 Å². The largest absolute Gasteiger partial charge is 0.348 e. The van der Waals surface area contributed by atoms with Crippen molar-refractivity contribution in [2.45, 2.75) is 13.5 Å². The van der Waals surface area contributed by atoms with Gasteiger partial charge < -0.3 is 5.32 Å². The van der Waals surface area contributed by atoms with Gasteiger partial charge in [0.25, 0.3) is 5.91 Å². The van der Waals surface area contributed by atoms with Crippen LogP contribution in [0, 0.1) is 6.92 Å². The van der Waals surface area contributed by atoms with Gasteiger partial charge >= 0.3 is 0 Å². The Morgan fingerprint density at radius 2 is 1.61 bits per heavy atom. The van der Waals surface area contributed by atoms with Gasteiger partial charge in [-0.25, -0.2) is 4.98 Å². The van der Waals surface area contributed by atoms with Gasteiger partial charge in [0, 0.05) is 41.0 Å². The fourth-order valence-corrected chi connectivity index (χ4v) is 3.65. The van der Waals surface area contributed by atoms with E-state index >= 15 is 0 Å². The van der Waals surface area contributed by atoms with Gasteiger partial charge in [-0.05, 0) is 24.6 Å². The molecule has 2 aromatic heterocycles. The molecule has 0 spiro atoms. The zero-order valence-corrected chi connectivity index (χ0v) is 16.2. The Labute approximate surface area is 167 Å². The SMILES string of the molecule is Cc1ccc(-c2csc(-c3ccc(CNC(=O)c4ccncc4)cc3)n2)cc1. The number of nitrogens with zero attached hydrogens (tertiary/aromatic N) is 2. The van der Waals surface area contributed by atoms with E-state index in [1.54, 1.807) is 35.9 Å². The van der Waals surface area contributed by atoms with E-state index in [4.69, 9.17) is 4.98 Å². The van der Waals surface area contributed by atoms with Gasteiger partial charge in [-0.1, -0.05) is 54.1 Å². The zero-order valence-electron chi connectivity index (χ0n) is 15.4. The second kappa shape index (κ2) is 8.15. The van der Waals surface area contributed by atoms with Crippen LogP contribution in [0.3, 0.4) is 0 Å². The predicted octanol–water partition coefficient (Wildman–Crippen LogP) is 5.11. The maximum Gasteiger partial charge on any atom is 0.251 e. The average molecular weight is 385 g/mol. The summed E-state index contributed by atoms with van der Waals surface area (Å²) in [5, 5.41) is 6.00. The molecule has 0 fully saturated rings. The Hall–Kier alpha value is -3.31. The molecule has 4 nitrogen and oxygen atoms in total. The third kappa shape index (κ3) is 4.15. The molecule has 4 rings (SSSR count).